The number of carbonyl (C=O) groups excluding carboxylic acids is 2. The fraction of sp³-hybridized carbons (Fsp3) is 0.182. The van der Waals surface area contributed by atoms with E-state index in [9.17, 15) is 9.59 Å². The minimum atomic E-state index is -0.531. The predicted molar refractivity (Wildman–Crippen MR) is 112 cm³/mol. The Labute approximate surface area is 169 Å². The third-order valence-electron chi connectivity index (χ3n) is 4.52. The molecule has 3 aromatic rings. The fourth-order valence-corrected chi connectivity index (χ4v) is 2.81. The Morgan fingerprint density at radius 3 is 2.41 bits per heavy atom. The Balaban J connectivity index is 1.87. The lowest BCUT2D eigenvalue weighted by Gasteiger charge is -2.12. The van der Waals surface area contributed by atoms with Gasteiger partial charge in [0, 0.05) is 11.4 Å². The second-order valence-electron chi connectivity index (χ2n) is 6.58. The van der Waals surface area contributed by atoms with Crippen molar-refractivity contribution in [2.24, 2.45) is 0 Å². The molecule has 2 N–H and O–H groups in total. The van der Waals surface area contributed by atoms with Gasteiger partial charge in [0.15, 0.2) is 0 Å². The second-order valence-corrected chi connectivity index (χ2v) is 6.58. The topological polar surface area (TPSA) is 93.2 Å². The van der Waals surface area contributed by atoms with Crippen LogP contribution in [0.5, 0.6) is 0 Å². The molecule has 0 saturated heterocycles. The van der Waals surface area contributed by atoms with E-state index in [1.807, 2.05) is 32.0 Å². The third kappa shape index (κ3) is 4.57. The van der Waals surface area contributed by atoms with Crippen LogP contribution < -0.4 is 10.6 Å². The maximum absolute atomic E-state index is 12.8. The van der Waals surface area contributed by atoms with E-state index in [-0.39, 0.29) is 11.3 Å². The Kier molecular flexibility index (Phi) is 5.87. The first-order chi connectivity index (χ1) is 13.9. The zero-order valence-electron chi connectivity index (χ0n) is 16.7. The molecule has 0 atom stereocenters. The molecule has 0 saturated carbocycles. The maximum atomic E-state index is 12.8. The Bertz CT molecular complexity index is 1080. The van der Waals surface area contributed by atoms with Gasteiger partial charge >= 0.3 is 5.97 Å². The number of aryl methyl sites for hydroxylation is 2. The lowest BCUT2D eigenvalue weighted by molar-refractivity contribution is 0.0602. The lowest BCUT2D eigenvalue weighted by Crippen LogP contribution is -2.18. The molecule has 0 spiro atoms. The largest absolute Gasteiger partial charge is 0.465 e. The number of amides is 1. The van der Waals surface area contributed by atoms with E-state index in [4.69, 9.17) is 4.74 Å². The molecule has 0 radical (unpaired) electrons. The van der Waals surface area contributed by atoms with Gasteiger partial charge in [0.25, 0.3) is 5.91 Å². The summed E-state index contributed by atoms with van der Waals surface area (Å²) >= 11 is 0. The summed E-state index contributed by atoms with van der Waals surface area (Å²) in [5.41, 5.74) is 4.53. The summed E-state index contributed by atoms with van der Waals surface area (Å²) < 4.78 is 4.76. The molecular formula is C22H22N4O3. The molecule has 1 amide bonds. The fourth-order valence-electron chi connectivity index (χ4n) is 2.81. The van der Waals surface area contributed by atoms with E-state index in [2.05, 4.69) is 20.6 Å². The van der Waals surface area contributed by atoms with Crippen molar-refractivity contribution in [2.45, 2.75) is 20.8 Å². The molecule has 0 bridgehead atoms. The second kappa shape index (κ2) is 8.52. The van der Waals surface area contributed by atoms with Gasteiger partial charge in [0.05, 0.1) is 18.4 Å². The number of aromatic nitrogens is 2. The first kappa shape index (κ1) is 20.0. The lowest BCUT2D eigenvalue weighted by atomic mass is 10.1. The summed E-state index contributed by atoms with van der Waals surface area (Å²) in [6.45, 7) is 5.81. The third-order valence-corrected chi connectivity index (χ3v) is 4.52. The molecular weight excluding hydrogens is 368 g/mol. The van der Waals surface area contributed by atoms with Crippen molar-refractivity contribution in [1.29, 1.82) is 0 Å². The average molecular weight is 390 g/mol. The van der Waals surface area contributed by atoms with Crippen molar-refractivity contribution in [1.82, 2.24) is 9.97 Å². The molecule has 0 unspecified atom stereocenters. The number of para-hydroxylation sites is 1. The molecule has 0 fully saturated rings. The highest BCUT2D eigenvalue weighted by Crippen LogP contribution is 2.22. The standard InChI is InChI=1S/C22H22N4O3/c1-13-8-7-11-17(15(13)3)25-22-23-14(2)12-19(26-22)20(27)24-18-10-6-5-9-16(18)21(28)29-4/h5-12H,1-4H3,(H,24,27)(H,23,25,26). The first-order valence-corrected chi connectivity index (χ1v) is 9.06. The van der Waals surface area contributed by atoms with Crippen LogP contribution >= 0.6 is 0 Å². The molecule has 0 aliphatic rings. The minimum absolute atomic E-state index is 0.185. The molecule has 0 aliphatic heterocycles. The van der Waals surface area contributed by atoms with Gasteiger partial charge in [-0.25, -0.2) is 14.8 Å². The zero-order valence-corrected chi connectivity index (χ0v) is 16.7. The van der Waals surface area contributed by atoms with Crippen molar-refractivity contribution in [2.75, 3.05) is 17.7 Å². The number of nitrogens with zero attached hydrogens (tertiary/aromatic N) is 2. The summed E-state index contributed by atoms with van der Waals surface area (Å²) in [5, 5.41) is 5.90. The number of carbonyl (C=O) groups is 2. The summed E-state index contributed by atoms with van der Waals surface area (Å²) in [4.78, 5) is 33.4. The Morgan fingerprint density at radius 2 is 1.66 bits per heavy atom. The Hall–Kier alpha value is -3.74. The van der Waals surface area contributed by atoms with E-state index < -0.39 is 11.9 Å². The van der Waals surface area contributed by atoms with Gasteiger partial charge < -0.3 is 15.4 Å². The smallest absolute Gasteiger partial charge is 0.339 e. The normalized spacial score (nSPS) is 10.3. The van der Waals surface area contributed by atoms with Crippen LogP contribution in [0, 0.1) is 20.8 Å². The highest BCUT2D eigenvalue weighted by molar-refractivity contribution is 6.07. The average Bonchev–Trinajstić information content (AvgIpc) is 2.71. The molecule has 148 valence electrons. The van der Waals surface area contributed by atoms with Crippen LogP contribution in [0.15, 0.2) is 48.5 Å². The van der Waals surface area contributed by atoms with E-state index in [1.54, 1.807) is 37.3 Å². The summed E-state index contributed by atoms with van der Waals surface area (Å²) in [5.74, 6) is -0.655. The number of ether oxygens (including phenoxy) is 1. The Morgan fingerprint density at radius 1 is 0.931 bits per heavy atom. The van der Waals surface area contributed by atoms with Gasteiger partial charge in [-0.2, -0.15) is 0 Å². The monoisotopic (exact) mass is 390 g/mol. The number of methoxy groups -OCH3 is 1. The number of anilines is 3. The number of benzene rings is 2. The number of hydrogen-bond donors (Lipinski definition) is 2. The number of rotatable bonds is 5. The van der Waals surface area contributed by atoms with Crippen molar-refractivity contribution < 1.29 is 14.3 Å². The highest BCUT2D eigenvalue weighted by atomic mass is 16.5. The van der Waals surface area contributed by atoms with Crippen LogP contribution in [0.4, 0.5) is 17.3 Å². The van der Waals surface area contributed by atoms with Gasteiger partial charge in [-0.1, -0.05) is 24.3 Å². The van der Waals surface area contributed by atoms with E-state index in [0.29, 0.717) is 17.3 Å². The van der Waals surface area contributed by atoms with Crippen molar-refractivity contribution in [3.8, 4) is 0 Å². The SMILES string of the molecule is COC(=O)c1ccccc1NC(=O)c1cc(C)nc(Nc2cccc(C)c2C)n1. The van der Waals surface area contributed by atoms with E-state index >= 15 is 0 Å². The van der Waals surface area contributed by atoms with E-state index in [1.165, 1.54) is 7.11 Å². The van der Waals surface area contributed by atoms with Gasteiger partial charge in [-0.3, -0.25) is 4.79 Å². The molecule has 0 aliphatic carbocycles. The molecule has 3 rings (SSSR count). The molecule has 7 heteroatoms. The van der Waals surface area contributed by atoms with Crippen molar-refractivity contribution in [3.05, 3.63) is 76.6 Å². The number of hydrogen-bond acceptors (Lipinski definition) is 6. The predicted octanol–water partition coefficient (Wildman–Crippen LogP) is 4.18. The van der Waals surface area contributed by atoms with Crippen LogP contribution in [-0.4, -0.2) is 29.0 Å². The summed E-state index contributed by atoms with van der Waals surface area (Å²) in [6, 6.07) is 14.1. The van der Waals surface area contributed by atoms with Crippen LogP contribution in [0.3, 0.4) is 0 Å². The molecule has 2 aromatic carbocycles. The van der Waals surface area contributed by atoms with Gasteiger partial charge in [0.2, 0.25) is 5.95 Å². The maximum Gasteiger partial charge on any atom is 0.339 e. The molecule has 7 nitrogen and oxygen atoms in total. The summed E-state index contributed by atoms with van der Waals surface area (Å²) in [6.07, 6.45) is 0. The van der Waals surface area contributed by atoms with Gasteiger partial charge in [-0.15, -0.1) is 0 Å². The molecule has 29 heavy (non-hydrogen) atoms. The first-order valence-electron chi connectivity index (χ1n) is 9.06. The van der Waals surface area contributed by atoms with Crippen LogP contribution in [0.2, 0.25) is 0 Å². The highest BCUT2D eigenvalue weighted by Gasteiger charge is 2.16. The minimum Gasteiger partial charge on any atom is -0.465 e. The summed E-state index contributed by atoms with van der Waals surface area (Å²) in [7, 11) is 1.29. The molecule has 1 heterocycles. The van der Waals surface area contributed by atoms with Crippen LogP contribution in [-0.2, 0) is 4.74 Å². The van der Waals surface area contributed by atoms with Gasteiger partial charge in [-0.05, 0) is 56.2 Å². The van der Waals surface area contributed by atoms with E-state index in [0.717, 1.165) is 16.8 Å². The molecule has 1 aromatic heterocycles. The van der Waals surface area contributed by atoms with Crippen LogP contribution in [0.1, 0.15) is 37.7 Å². The quantitative estimate of drug-likeness (QED) is 0.635. The van der Waals surface area contributed by atoms with Crippen LogP contribution in [0.25, 0.3) is 0 Å². The number of nitrogens with one attached hydrogen (secondary N) is 2. The van der Waals surface area contributed by atoms with Gasteiger partial charge in [0.1, 0.15) is 5.69 Å². The zero-order chi connectivity index (χ0) is 21.0. The van der Waals surface area contributed by atoms with Crippen molar-refractivity contribution in [3.63, 3.8) is 0 Å². The number of esters is 1. The van der Waals surface area contributed by atoms with Crippen molar-refractivity contribution >= 4 is 29.2 Å².